The van der Waals surface area contributed by atoms with E-state index in [9.17, 15) is 4.79 Å². The van der Waals surface area contributed by atoms with Gasteiger partial charge in [-0.25, -0.2) is 14.8 Å². The Hall–Kier alpha value is -3.12. The number of carbonyl (C=O) groups is 1. The number of aromatic carboxylic acids is 1. The number of carboxylic acid groups (broad SMARTS) is 1. The first-order valence-corrected chi connectivity index (χ1v) is 8.42. The van der Waals surface area contributed by atoms with Crippen molar-refractivity contribution in [2.24, 2.45) is 0 Å². The predicted molar refractivity (Wildman–Crippen MR) is 98.2 cm³/mol. The molecule has 25 heavy (non-hydrogen) atoms. The zero-order chi connectivity index (χ0) is 17.2. The van der Waals surface area contributed by atoms with Crippen molar-refractivity contribution in [3.05, 3.63) is 71.5 Å². The molecule has 122 valence electrons. The van der Waals surface area contributed by atoms with E-state index in [1.54, 1.807) is 48.4 Å². The number of hydrogen-bond donors (Lipinski definition) is 2. The summed E-state index contributed by atoms with van der Waals surface area (Å²) >= 11 is 1.59. The third kappa shape index (κ3) is 3.25. The summed E-state index contributed by atoms with van der Waals surface area (Å²) in [4.78, 5) is 20.6. The highest BCUT2D eigenvalue weighted by atomic mass is 32.2. The Balaban J connectivity index is 1.56. The normalized spacial score (nSPS) is 12.3. The topological polar surface area (TPSA) is 75.1 Å². The quantitative estimate of drug-likeness (QED) is 0.530. The molecule has 1 aliphatic rings. The monoisotopic (exact) mass is 347 g/mol. The molecule has 0 saturated heterocycles. The molecular formula is C19H13N3O2S. The fraction of sp³-hybridized carbons (Fsp3) is 0. The number of carboxylic acids is 1. The van der Waals surface area contributed by atoms with Crippen LogP contribution in [0.25, 0.3) is 12.2 Å². The van der Waals surface area contributed by atoms with Gasteiger partial charge in [-0.1, -0.05) is 42.1 Å². The maximum absolute atomic E-state index is 10.9. The van der Waals surface area contributed by atoms with Crippen LogP contribution in [0, 0.1) is 0 Å². The lowest BCUT2D eigenvalue weighted by atomic mass is 10.1. The number of hydrogen-bond acceptors (Lipinski definition) is 5. The molecule has 0 aliphatic carbocycles. The SMILES string of the molecule is O=C(O)c1ccc(/C=C/c2ccc3c(c2)Nc2nccnc2S3)cc1. The van der Waals surface area contributed by atoms with Crippen LogP contribution in [0.5, 0.6) is 0 Å². The van der Waals surface area contributed by atoms with E-state index < -0.39 is 5.97 Å². The van der Waals surface area contributed by atoms with Crippen LogP contribution in [0.3, 0.4) is 0 Å². The van der Waals surface area contributed by atoms with E-state index in [1.165, 1.54) is 0 Å². The Morgan fingerprint density at radius 2 is 1.72 bits per heavy atom. The van der Waals surface area contributed by atoms with Crippen molar-refractivity contribution in [1.82, 2.24) is 9.97 Å². The van der Waals surface area contributed by atoms with Crippen LogP contribution >= 0.6 is 11.8 Å². The first kappa shape index (κ1) is 15.4. The highest BCUT2D eigenvalue weighted by molar-refractivity contribution is 7.99. The lowest BCUT2D eigenvalue weighted by molar-refractivity contribution is 0.0697. The van der Waals surface area contributed by atoms with E-state index >= 15 is 0 Å². The van der Waals surface area contributed by atoms with Gasteiger partial charge in [0.15, 0.2) is 5.82 Å². The van der Waals surface area contributed by atoms with E-state index in [4.69, 9.17) is 5.11 Å². The predicted octanol–water partition coefficient (Wildman–Crippen LogP) is 4.55. The molecule has 0 radical (unpaired) electrons. The molecule has 6 heteroatoms. The van der Waals surface area contributed by atoms with Crippen molar-refractivity contribution < 1.29 is 9.90 Å². The van der Waals surface area contributed by atoms with E-state index in [-0.39, 0.29) is 5.56 Å². The van der Waals surface area contributed by atoms with Crippen LogP contribution in [0.15, 0.2) is 64.8 Å². The third-order valence-corrected chi connectivity index (χ3v) is 4.82. The van der Waals surface area contributed by atoms with Crippen molar-refractivity contribution in [1.29, 1.82) is 0 Å². The van der Waals surface area contributed by atoms with Crippen LogP contribution in [0.4, 0.5) is 11.5 Å². The van der Waals surface area contributed by atoms with Crippen LogP contribution in [-0.4, -0.2) is 21.0 Å². The Kier molecular flexibility index (Phi) is 3.95. The summed E-state index contributed by atoms with van der Waals surface area (Å²) in [5.74, 6) is -0.150. The summed E-state index contributed by atoms with van der Waals surface area (Å²) < 4.78 is 0. The minimum Gasteiger partial charge on any atom is -0.478 e. The highest BCUT2D eigenvalue weighted by Gasteiger charge is 2.17. The zero-order valence-electron chi connectivity index (χ0n) is 13.0. The van der Waals surface area contributed by atoms with Crippen molar-refractivity contribution in [3.63, 3.8) is 0 Å². The van der Waals surface area contributed by atoms with Gasteiger partial charge in [0.05, 0.1) is 11.3 Å². The fourth-order valence-electron chi connectivity index (χ4n) is 2.48. The molecule has 1 aromatic heterocycles. The van der Waals surface area contributed by atoms with Crippen molar-refractivity contribution >= 4 is 41.4 Å². The minimum atomic E-state index is -0.919. The molecule has 2 heterocycles. The van der Waals surface area contributed by atoms with Crippen LogP contribution in [0.1, 0.15) is 21.5 Å². The van der Waals surface area contributed by atoms with Gasteiger partial charge in [-0.15, -0.1) is 0 Å². The van der Waals surface area contributed by atoms with E-state index in [2.05, 4.69) is 27.4 Å². The molecule has 0 unspecified atom stereocenters. The summed E-state index contributed by atoms with van der Waals surface area (Å²) in [7, 11) is 0. The average molecular weight is 347 g/mol. The number of nitrogens with one attached hydrogen (secondary N) is 1. The van der Waals surface area contributed by atoms with Gasteiger partial charge in [-0.05, 0) is 35.4 Å². The summed E-state index contributed by atoms with van der Waals surface area (Å²) in [5, 5.41) is 13.1. The lowest BCUT2D eigenvalue weighted by Crippen LogP contribution is -2.03. The highest BCUT2D eigenvalue weighted by Crippen LogP contribution is 2.42. The molecule has 2 aromatic carbocycles. The largest absolute Gasteiger partial charge is 0.478 e. The molecule has 2 N–H and O–H groups in total. The Morgan fingerprint density at radius 1 is 1.00 bits per heavy atom. The van der Waals surface area contributed by atoms with Crippen LogP contribution < -0.4 is 5.32 Å². The Morgan fingerprint density at radius 3 is 2.52 bits per heavy atom. The lowest BCUT2D eigenvalue weighted by Gasteiger charge is -2.18. The number of aromatic nitrogens is 2. The second-order valence-electron chi connectivity index (χ2n) is 5.45. The van der Waals surface area contributed by atoms with Crippen LogP contribution in [0.2, 0.25) is 0 Å². The summed E-state index contributed by atoms with van der Waals surface area (Å²) in [5.41, 5.74) is 3.27. The zero-order valence-corrected chi connectivity index (χ0v) is 13.8. The Labute approximate surface area is 148 Å². The van der Waals surface area contributed by atoms with E-state index in [0.717, 1.165) is 32.6 Å². The second-order valence-corrected chi connectivity index (χ2v) is 6.48. The average Bonchev–Trinajstić information content (AvgIpc) is 2.65. The molecule has 0 bridgehead atoms. The van der Waals surface area contributed by atoms with Gasteiger partial charge < -0.3 is 10.4 Å². The van der Waals surface area contributed by atoms with Gasteiger partial charge in [-0.3, -0.25) is 0 Å². The maximum atomic E-state index is 10.9. The molecule has 0 fully saturated rings. The molecule has 0 amide bonds. The number of rotatable bonds is 3. The fourth-order valence-corrected chi connectivity index (χ4v) is 3.36. The second kappa shape index (κ2) is 6.41. The smallest absolute Gasteiger partial charge is 0.335 e. The Bertz CT molecular complexity index is 984. The number of nitrogens with zero attached hydrogens (tertiary/aromatic N) is 2. The number of benzene rings is 2. The summed E-state index contributed by atoms with van der Waals surface area (Å²) in [6.45, 7) is 0. The van der Waals surface area contributed by atoms with Crippen molar-refractivity contribution in [2.45, 2.75) is 9.92 Å². The standard InChI is InChI=1S/C19H13N3O2S/c23-19(24)14-6-3-12(4-7-14)1-2-13-5-8-16-15(11-13)22-17-18(25-16)21-10-9-20-17/h1-11H,(H,20,22)(H,23,24)/b2-1+. The molecule has 0 atom stereocenters. The van der Waals surface area contributed by atoms with Gasteiger partial charge in [0.25, 0.3) is 0 Å². The third-order valence-electron chi connectivity index (χ3n) is 3.75. The van der Waals surface area contributed by atoms with Gasteiger partial charge in [-0.2, -0.15) is 0 Å². The summed E-state index contributed by atoms with van der Waals surface area (Å²) in [6, 6.07) is 12.9. The number of anilines is 2. The van der Waals surface area contributed by atoms with Crippen molar-refractivity contribution in [2.75, 3.05) is 5.32 Å². The molecular weight excluding hydrogens is 334 g/mol. The van der Waals surface area contributed by atoms with Gasteiger partial charge in [0, 0.05) is 17.3 Å². The molecule has 4 rings (SSSR count). The molecule has 5 nitrogen and oxygen atoms in total. The van der Waals surface area contributed by atoms with Crippen LogP contribution in [-0.2, 0) is 0 Å². The van der Waals surface area contributed by atoms with Crippen molar-refractivity contribution in [3.8, 4) is 0 Å². The first-order valence-electron chi connectivity index (χ1n) is 7.60. The molecule has 0 saturated carbocycles. The van der Waals surface area contributed by atoms with Gasteiger partial charge in [0.2, 0.25) is 0 Å². The molecule has 0 spiro atoms. The van der Waals surface area contributed by atoms with E-state index in [1.807, 2.05) is 18.2 Å². The molecule has 3 aromatic rings. The van der Waals surface area contributed by atoms with E-state index in [0.29, 0.717) is 0 Å². The first-order chi connectivity index (χ1) is 12.2. The maximum Gasteiger partial charge on any atom is 0.335 e. The minimum absolute atomic E-state index is 0.284. The number of fused-ring (bicyclic) bond motifs is 2. The summed E-state index contributed by atoms with van der Waals surface area (Å²) in [6.07, 6.45) is 7.30. The molecule has 1 aliphatic heterocycles. The van der Waals surface area contributed by atoms with Gasteiger partial charge >= 0.3 is 5.97 Å². The van der Waals surface area contributed by atoms with Gasteiger partial charge in [0.1, 0.15) is 5.03 Å².